The Morgan fingerprint density at radius 3 is 2.52 bits per heavy atom. The predicted octanol–water partition coefficient (Wildman–Crippen LogP) is 2.77. The number of anilines is 1. The minimum absolute atomic E-state index is 0.0219. The molecule has 116 valence electrons. The van der Waals surface area contributed by atoms with E-state index < -0.39 is 0 Å². The van der Waals surface area contributed by atoms with E-state index in [0.717, 1.165) is 30.6 Å². The van der Waals surface area contributed by atoms with Gasteiger partial charge in [-0.05, 0) is 44.7 Å². The maximum atomic E-state index is 11.9. The van der Waals surface area contributed by atoms with E-state index in [1.165, 1.54) is 0 Å². The molecule has 1 atom stereocenters. The number of carbonyl (C=O) groups is 1. The molecule has 21 heavy (non-hydrogen) atoms. The first-order valence-corrected chi connectivity index (χ1v) is 7.74. The van der Waals surface area contributed by atoms with Gasteiger partial charge in [-0.25, -0.2) is 0 Å². The molecule has 5 heteroatoms. The number of nitrogens with two attached hydrogens (primary N) is 1. The van der Waals surface area contributed by atoms with Crippen molar-refractivity contribution in [1.82, 2.24) is 4.90 Å². The Bertz CT molecular complexity index is 473. The molecule has 1 aromatic rings. The van der Waals surface area contributed by atoms with Crippen LogP contribution >= 0.6 is 12.2 Å². The Hall–Kier alpha value is -1.46. The van der Waals surface area contributed by atoms with Gasteiger partial charge in [-0.15, -0.1) is 0 Å². The van der Waals surface area contributed by atoms with E-state index in [2.05, 4.69) is 31.1 Å². The number of amides is 1. The van der Waals surface area contributed by atoms with Gasteiger partial charge in [0.2, 0.25) is 5.91 Å². The molecule has 1 aromatic carbocycles. The summed E-state index contributed by atoms with van der Waals surface area (Å²) < 4.78 is 0. The molecule has 0 radical (unpaired) electrons. The third kappa shape index (κ3) is 6.23. The molecule has 1 amide bonds. The molecule has 3 N–H and O–H groups in total. The summed E-state index contributed by atoms with van der Waals surface area (Å²) in [5.74, 6) is 0.0219. The quantitative estimate of drug-likeness (QED) is 0.725. The van der Waals surface area contributed by atoms with E-state index >= 15 is 0 Å². The maximum Gasteiger partial charge on any atom is 0.225 e. The van der Waals surface area contributed by atoms with Crippen LogP contribution < -0.4 is 11.1 Å². The number of thiocarbonyl (C=S) groups is 1. The molecular formula is C16H25N3OS. The Morgan fingerprint density at radius 2 is 2.00 bits per heavy atom. The smallest absolute Gasteiger partial charge is 0.225 e. The molecule has 1 rings (SSSR count). The zero-order chi connectivity index (χ0) is 15.8. The number of nitrogens with one attached hydrogen (secondary N) is 1. The fourth-order valence-corrected chi connectivity index (χ4v) is 2.21. The summed E-state index contributed by atoms with van der Waals surface area (Å²) >= 11 is 4.89. The Kier molecular flexibility index (Phi) is 7.32. The van der Waals surface area contributed by atoms with Crippen molar-refractivity contribution in [2.24, 2.45) is 5.73 Å². The van der Waals surface area contributed by atoms with Gasteiger partial charge < -0.3 is 16.0 Å². The first kappa shape index (κ1) is 17.6. The molecule has 1 unspecified atom stereocenters. The van der Waals surface area contributed by atoms with E-state index in [1.54, 1.807) is 0 Å². The highest BCUT2D eigenvalue weighted by molar-refractivity contribution is 7.80. The zero-order valence-corrected chi connectivity index (χ0v) is 13.9. The van der Waals surface area contributed by atoms with E-state index in [4.69, 9.17) is 18.0 Å². The number of rotatable bonds is 8. The topological polar surface area (TPSA) is 58.4 Å². The van der Waals surface area contributed by atoms with Crippen LogP contribution in [-0.2, 0) is 4.79 Å². The molecule has 4 nitrogen and oxygen atoms in total. The molecule has 0 saturated heterocycles. The molecule has 0 heterocycles. The highest BCUT2D eigenvalue weighted by Crippen LogP contribution is 2.10. The molecule has 0 aliphatic rings. The summed E-state index contributed by atoms with van der Waals surface area (Å²) in [7, 11) is 2.06. The largest absolute Gasteiger partial charge is 0.389 e. The Labute approximate surface area is 132 Å². The third-order valence-corrected chi connectivity index (χ3v) is 3.84. The second-order valence-electron chi connectivity index (χ2n) is 5.36. The van der Waals surface area contributed by atoms with Gasteiger partial charge in [-0.3, -0.25) is 4.79 Å². The molecule has 0 aromatic heterocycles. The first-order valence-electron chi connectivity index (χ1n) is 7.34. The van der Waals surface area contributed by atoms with Crippen molar-refractivity contribution in [3.05, 3.63) is 29.8 Å². The molecular weight excluding hydrogens is 282 g/mol. The van der Waals surface area contributed by atoms with Crippen molar-refractivity contribution >= 4 is 28.8 Å². The van der Waals surface area contributed by atoms with E-state index in [9.17, 15) is 4.79 Å². The fraction of sp³-hybridized carbons (Fsp3) is 0.500. The first-order chi connectivity index (χ1) is 9.93. The second kappa shape index (κ2) is 8.74. The lowest BCUT2D eigenvalue weighted by molar-refractivity contribution is -0.116. The van der Waals surface area contributed by atoms with Gasteiger partial charge in [-0.2, -0.15) is 0 Å². The normalized spacial score (nSPS) is 12.2. The lowest BCUT2D eigenvalue weighted by Gasteiger charge is -2.23. The predicted molar refractivity (Wildman–Crippen MR) is 92.6 cm³/mol. The summed E-state index contributed by atoms with van der Waals surface area (Å²) in [6, 6.07) is 7.76. The summed E-state index contributed by atoms with van der Waals surface area (Å²) in [4.78, 5) is 14.5. The van der Waals surface area contributed by atoms with Crippen molar-refractivity contribution in [3.63, 3.8) is 0 Å². The summed E-state index contributed by atoms with van der Waals surface area (Å²) in [6.45, 7) is 5.13. The number of benzene rings is 1. The zero-order valence-electron chi connectivity index (χ0n) is 13.1. The molecule has 0 spiro atoms. The minimum Gasteiger partial charge on any atom is -0.389 e. The highest BCUT2D eigenvalue weighted by Gasteiger charge is 2.10. The van der Waals surface area contributed by atoms with E-state index in [0.29, 0.717) is 17.5 Å². The van der Waals surface area contributed by atoms with Crippen LogP contribution in [0.4, 0.5) is 5.69 Å². The number of hydrogen-bond donors (Lipinski definition) is 2. The van der Waals surface area contributed by atoms with Crippen LogP contribution in [0.5, 0.6) is 0 Å². The molecule has 0 aliphatic carbocycles. The average Bonchev–Trinajstić information content (AvgIpc) is 2.45. The lowest BCUT2D eigenvalue weighted by atomic mass is 10.1. The monoisotopic (exact) mass is 307 g/mol. The van der Waals surface area contributed by atoms with Crippen LogP contribution in [0.25, 0.3) is 0 Å². The van der Waals surface area contributed by atoms with Crippen molar-refractivity contribution in [1.29, 1.82) is 0 Å². The van der Waals surface area contributed by atoms with Crippen molar-refractivity contribution < 1.29 is 4.79 Å². The maximum absolute atomic E-state index is 11.9. The molecule has 0 bridgehead atoms. The van der Waals surface area contributed by atoms with Gasteiger partial charge >= 0.3 is 0 Å². The second-order valence-corrected chi connectivity index (χ2v) is 5.80. The lowest BCUT2D eigenvalue weighted by Crippen LogP contribution is -2.31. The van der Waals surface area contributed by atoms with Crippen LogP contribution in [0.3, 0.4) is 0 Å². The third-order valence-electron chi connectivity index (χ3n) is 3.60. The van der Waals surface area contributed by atoms with Crippen molar-refractivity contribution in [2.45, 2.75) is 39.2 Å². The number of hydrogen-bond acceptors (Lipinski definition) is 3. The van der Waals surface area contributed by atoms with Crippen LogP contribution in [-0.4, -0.2) is 35.4 Å². The van der Waals surface area contributed by atoms with Gasteiger partial charge in [0.05, 0.1) is 0 Å². The Balaban J connectivity index is 2.41. The van der Waals surface area contributed by atoms with Gasteiger partial charge in [-0.1, -0.05) is 25.6 Å². The van der Waals surface area contributed by atoms with Gasteiger partial charge in [0.1, 0.15) is 4.99 Å². The average molecular weight is 307 g/mol. The van der Waals surface area contributed by atoms with Crippen molar-refractivity contribution in [2.75, 3.05) is 18.9 Å². The standard InChI is InChI=1S/C16H25N3OS/c1-4-5-12(2)19(3)11-10-15(20)18-14-8-6-13(7-9-14)16(17)21/h6-9,12H,4-5,10-11H2,1-3H3,(H2,17,21)(H,18,20). The molecule has 0 fully saturated rings. The SMILES string of the molecule is CCCC(C)N(C)CCC(=O)Nc1ccc(C(N)=S)cc1. The van der Waals surface area contributed by atoms with Crippen molar-refractivity contribution in [3.8, 4) is 0 Å². The minimum atomic E-state index is 0.0219. The Morgan fingerprint density at radius 1 is 1.38 bits per heavy atom. The highest BCUT2D eigenvalue weighted by atomic mass is 32.1. The van der Waals surface area contributed by atoms with E-state index in [-0.39, 0.29) is 5.91 Å². The van der Waals surface area contributed by atoms with Crippen LogP contribution in [0.2, 0.25) is 0 Å². The fourth-order valence-electron chi connectivity index (χ4n) is 2.08. The van der Waals surface area contributed by atoms with Crippen LogP contribution in [0.15, 0.2) is 24.3 Å². The molecule has 0 saturated carbocycles. The summed E-state index contributed by atoms with van der Waals surface area (Å²) in [5.41, 5.74) is 7.11. The van der Waals surface area contributed by atoms with Gasteiger partial charge in [0.15, 0.2) is 0 Å². The van der Waals surface area contributed by atoms with Crippen LogP contribution in [0.1, 0.15) is 38.7 Å². The number of nitrogens with zero attached hydrogens (tertiary/aromatic N) is 1. The summed E-state index contributed by atoms with van der Waals surface area (Å²) in [5, 5.41) is 2.88. The van der Waals surface area contributed by atoms with Crippen LogP contribution in [0, 0.1) is 0 Å². The van der Waals surface area contributed by atoms with Gasteiger partial charge in [0, 0.05) is 30.3 Å². The summed E-state index contributed by atoms with van der Waals surface area (Å²) in [6.07, 6.45) is 2.80. The van der Waals surface area contributed by atoms with E-state index in [1.807, 2.05) is 24.3 Å². The van der Waals surface area contributed by atoms with Gasteiger partial charge in [0.25, 0.3) is 0 Å². The number of carbonyl (C=O) groups excluding carboxylic acids is 1. The molecule has 0 aliphatic heterocycles.